The van der Waals surface area contributed by atoms with Gasteiger partial charge in [-0.15, -0.1) is 0 Å². The van der Waals surface area contributed by atoms with Crippen LogP contribution in [0, 0.1) is 5.41 Å². The molecule has 7 heteroatoms. The van der Waals surface area contributed by atoms with Crippen molar-refractivity contribution in [3.05, 3.63) is 28.7 Å². The Morgan fingerprint density at radius 2 is 1.79 bits per heavy atom. The first-order valence-corrected chi connectivity index (χ1v) is 8.84. The van der Waals surface area contributed by atoms with Crippen molar-refractivity contribution in [3.8, 4) is 0 Å². The van der Waals surface area contributed by atoms with Gasteiger partial charge in [0.05, 0.1) is 13.2 Å². The number of ether oxygens (including phenoxy) is 1. The highest BCUT2D eigenvalue weighted by molar-refractivity contribution is 9.10. The van der Waals surface area contributed by atoms with E-state index in [1.54, 1.807) is 26.0 Å². The van der Waals surface area contributed by atoms with Crippen LogP contribution in [-0.2, 0) is 14.3 Å². The molecule has 1 aromatic rings. The molecule has 1 aliphatic heterocycles. The third kappa shape index (κ3) is 5.29. The summed E-state index contributed by atoms with van der Waals surface area (Å²) in [5.74, 6) is -0.598. The van der Waals surface area contributed by atoms with Gasteiger partial charge < -0.3 is 15.4 Å². The number of nitrogens with one attached hydrogen (secondary N) is 2. The highest BCUT2D eigenvalue weighted by Gasteiger charge is 2.35. The van der Waals surface area contributed by atoms with E-state index in [-0.39, 0.29) is 11.8 Å². The molecule has 1 fully saturated rings. The van der Waals surface area contributed by atoms with Gasteiger partial charge in [-0.3, -0.25) is 14.5 Å². The summed E-state index contributed by atoms with van der Waals surface area (Å²) in [6.07, 6.45) is 0. The molecule has 0 radical (unpaired) electrons. The molecular formula is C17H24BrN3O3. The van der Waals surface area contributed by atoms with Crippen molar-refractivity contribution >= 4 is 33.4 Å². The molecule has 0 unspecified atom stereocenters. The molecular weight excluding hydrogens is 374 g/mol. The number of halogens is 1. The molecule has 0 saturated carbocycles. The minimum atomic E-state index is -1.14. The summed E-state index contributed by atoms with van der Waals surface area (Å²) in [4.78, 5) is 27.0. The fourth-order valence-electron chi connectivity index (χ4n) is 2.30. The molecule has 0 bridgehead atoms. The number of carbonyl (C=O) groups excluding carboxylic acids is 2. The summed E-state index contributed by atoms with van der Waals surface area (Å²) in [6, 6.07) is 7.25. The smallest absolute Gasteiger partial charge is 0.239 e. The Kier molecular flexibility index (Phi) is 6.77. The number of hydrogen-bond acceptors (Lipinski definition) is 4. The van der Waals surface area contributed by atoms with E-state index in [0.717, 1.165) is 37.3 Å². The van der Waals surface area contributed by atoms with Gasteiger partial charge in [0.1, 0.15) is 5.41 Å². The largest absolute Gasteiger partial charge is 0.379 e. The lowest BCUT2D eigenvalue weighted by atomic mass is 9.91. The van der Waals surface area contributed by atoms with Gasteiger partial charge in [-0.2, -0.15) is 0 Å². The summed E-state index contributed by atoms with van der Waals surface area (Å²) < 4.78 is 6.22. The van der Waals surface area contributed by atoms with Crippen molar-refractivity contribution in [2.45, 2.75) is 13.8 Å². The maximum atomic E-state index is 12.4. The van der Waals surface area contributed by atoms with Crippen molar-refractivity contribution in [1.29, 1.82) is 0 Å². The molecule has 24 heavy (non-hydrogen) atoms. The molecule has 0 atom stereocenters. The number of benzene rings is 1. The van der Waals surface area contributed by atoms with Gasteiger partial charge in [0.15, 0.2) is 0 Å². The van der Waals surface area contributed by atoms with Crippen LogP contribution in [0.25, 0.3) is 0 Å². The maximum Gasteiger partial charge on any atom is 0.239 e. The fraction of sp³-hybridized carbons (Fsp3) is 0.529. The molecule has 1 aromatic carbocycles. The van der Waals surface area contributed by atoms with E-state index in [1.165, 1.54) is 0 Å². The van der Waals surface area contributed by atoms with Gasteiger partial charge in [-0.05, 0) is 38.1 Å². The Morgan fingerprint density at radius 3 is 2.42 bits per heavy atom. The molecule has 1 saturated heterocycles. The van der Waals surface area contributed by atoms with Crippen molar-refractivity contribution in [2.24, 2.45) is 5.41 Å². The molecule has 0 aliphatic carbocycles. The van der Waals surface area contributed by atoms with Gasteiger partial charge in [0.25, 0.3) is 0 Å². The lowest BCUT2D eigenvalue weighted by Crippen LogP contribution is -2.48. The van der Waals surface area contributed by atoms with Crippen LogP contribution in [0.5, 0.6) is 0 Å². The van der Waals surface area contributed by atoms with Gasteiger partial charge >= 0.3 is 0 Å². The van der Waals surface area contributed by atoms with Gasteiger partial charge in [-0.1, -0.05) is 15.9 Å². The Labute approximate surface area is 151 Å². The van der Waals surface area contributed by atoms with E-state index < -0.39 is 5.41 Å². The van der Waals surface area contributed by atoms with Gasteiger partial charge in [0.2, 0.25) is 11.8 Å². The summed E-state index contributed by atoms with van der Waals surface area (Å²) in [6.45, 7) is 7.76. The van der Waals surface area contributed by atoms with Crippen molar-refractivity contribution in [3.63, 3.8) is 0 Å². The van der Waals surface area contributed by atoms with Crippen LogP contribution in [0.15, 0.2) is 28.7 Å². The first-order valence-electron chi connectivity index (χ1n) is 8.05. The van der Waals surface area contributed by atoms with Crippen LogP contribution in [0.3, 0.4) is 0 Å². The van der Waals surface area contributed by atoms with Crippen LogP contribution in [-0.4, -0.2) is 56.1 Å². The molecule has 6 nitrogen and oxygen atoms in total. The second kappa shape index (κ2) is 8.60. The molecule has 0 spiro atoms. The summed E-state index contributed by atoms with van der Waals surface area (Å²) in [7, 11) is 0. The van der Waals surface area contributed by atoms with E-state index in [4.69, 9.17) is 4.74 Å². The van der Waals surface area contributed by atoms with Crippen LogP contribution in [0.4, 0.5) is 5.69 Å². The van der Waals surface area contributed by atoms with E-state index >= 15 is 0 Å². The molecule has 2 amide bonds. The zero-order chi connectivity index (χ0) is 17.6. The minimum Gasteiger partial charge on any atom is -0.379 e. The molecule has 132 valence electrons. The Bertz CT molecular complexity index is 569. The highest BCUT2D eigenvalue weighted by atomic mass is 79.9. The lowest BCUT2D eigenvalue weighted by molar-refractivity contribution is -0.138. The van der Waals surface area contributed by atoms with E-state index in [2.05, 4.69) is 31.5 Å². The van der Waals surface area contributed by atoms with Crippen LogP contribution in [0.1, 0.15) is 13.8 Å². The Hall–Kier alpha value is -1.44. The number of hydrogen-bond donors (Lipinski definition) is 2. The van der Waals surface area contributed by atoms with Crippen molar-refractivity contribution < 1.29 is 14.3 Å². The second-order valence-corrected chi connectivity index (χ2v) is 7.21. The second-order valence-electron chi connectivity index (χ2n) is 6.30. The zero-order valence-electron chi connectivity index (χ0n) is 14.1. The van der Waals surface area contributed by atoms with E-state index in [1.807, 2.05) is 12.1 Å². The summed E-state index contributed by atoms with van der Waals surface area (Å²) in [5, 5.41) is 5.64. The topological polar surface area (TPSA) is 70.7 Å². The quantitative estimate of drug-likeness (QED) is 0.718. The number of morpholine rings is 1. The standard InChI is InChI=1S/C17H24BrN3O3/c1-17(2,16(23)20-14-5-3-13(18)4-6-14)15(22)19-7-8-21-9-11-24-12-10-21/h3-6H,7-12H2,1-2H3,(H,19,22)(H,20,23). The number of anilines is 1. The molecule has 1 aliphatic rings. The molecule has 1 heterocycles. The summed E-state index contributed by atoms with van der Waals surface area (Å²) in [5.41, 5.74) is -0.477. The first kappa shape index (κ1) is 18.9. The SMILES string of the molecule is CC(C)(C(=O)NCCN1CCOCC1)C(=O)Nc1ccc(Br)cc1. The van der Waals surface area contributed by atoms with Crippen LogP contribution < -0.4 is 10.6 Å². The maximum absolute atomic E-state index is 12.4. The molecule has 2 rings (SSSR count). The predicted molar refractivity (Wildman–Crippen MR) is 96.8 cm³/mol. The Morgan fingerprint density at radius 1 is 1.17 bits per heavy atom. The van der Waals surface area contributed by atoms with Crippen molar-refractivity contribution in [2.75, 3.05) is 44.7 Å². The number of amides is 2. The summed E-state index contributed by atoms with van der Waals surface area (Å²) >= 11 is 3.35. The minimum absolute atomic E-state index is 0.273. The molecule has 0 aromatic heterocycles. The molecule has 2 N–H and O–H groups in total. The van der Waals surface area contributed by atoms with E-state index in [9.17, 15) is 9.59 Å². The third-order valence-electron chi connectivity index (χ3n) is 4.05. The average Bonchev–Trinajstić information content (AvgIpc) is 2.57. The fourth-order valence-corrected chi connectivity index (χ4v) is 2.56. The normalized spacial score (nSPS) is 15.8. The van der Waals surface area contributed by atoms with Crippen LogP contribution >= 0.6 is 15.9 Å². The van der Waals surface area contributed by atoms with Gasteiger partial charge in [0, 0.05) is 36.3 Å². The van der Waals surface area contributed by atoms with Crippen molar-refractivity contribution in [1.82, 2.24) is 10.2 Å². The number of nitrogens with zero attached hydrogens (tertiary/aromatic N) is 1. The monoisotopic (exact) mass is 397 g/mol. The third-order valence-corrected chi connectivity index (χ3v) is 4.58. The zero-order valence-corrected chi connectivity index (χ0v) is 15.7. The number of rotatable bonds is 6. The first-order chi connectivity index (χ1) is 11.4. The van der Waals surface area contributed by atoms with Gasteiger partial charge in [-0.25, -0.2) is 0 Å². The number of carbonyl (C=O) groups is 2. The Balaban J connectivity index is 1.81. The predicted octanol–water partition coefficient (Wildman–Crippen LogP) is 1.86. The highest BCUT2D eigenvalue weighted by Crippen LogP contribution is 2.20. The average molecular weight is 398 g/mol. The van der Waals surface area contributed by atoms with Crippen LogP contribution in [0.2, 0.25) is 0 Å². The lowest BCUT2D eigenvalue weighted by Gasteiger charge is -2.27. The van der Waals surface area contributed by atoms with E-state index in [0.29, 0.717) is 12.2 Å².